The van der Waals surface area contributed by atoms with Crippen molar-refractivity contribution in [2.75, 3.05) is 28.7 Å². The average Bonchev–Trinajstić information content (AvgIpc) is 3.07. The van der Waals surface area contributed by atoms with Gasteiger partial charge in [-0.05, 0) is 60.0 Å². The van der Waals surface area contributed by atoms with E-state index in [1.54, 1.807) is 18.2 Å². The van der Waals surface area contributed by atoms with Crippen LogP contribution in [0.25, 0.3) is 10.8 Å². The van der Waals surface area contributed by atoms with E-state index < -0.39 is 0 Å². The fourth-order valence-corrected chi connectivity index (χ4v) is 4.37. The van der Waals surface area contributed by atoms with Gasteiger partial charge in [-0.2, -0.15) is 0 Å². The average molecular weight is 490 g/mol. The van der Waals surface area contributed by atoms with Crippen molar-refractivity contribution in [3.05, 3.63) is 101 Å². The van der Waals surface area contributed by atoms with Gasteiger partial charge in [0.15, 0.2) is 6.61 Å². The van der Waals surface area contributed by atoms with Gasteiger partial charge in [0.1, 0.15) is 5.75 Å². The molecule has 0 radical (unpaired) electrons. The van der Waals surface area contributed by atoms with Crippen molar-refractivity contribution in [2.45, 2.75) is 0 Å². The Bertz CT molecular complexity index is 1390. The Kier molecular flexibility index (Phi) is 6.30. The summed E-state index contributed by atoms with van der Waals surface area (Å²) in [5, 5.41) is 9.61. The van der Waals surface area contributed by atoms with Crippen molar-refractivity contribution >= 4 is 62.6 Å². The number of anilines is 4. The molecule has 1 amide bonds. The predicted molar refractivity (Wildman–Crippen MR) is 141 cm³/mol. The zero-order valence-electron chi connectivity index (χ0n) is 18.1. The molecule has 7 heteroatoms. The molecule has 34 heavy (non-hydrogen) atoms. The monoisotopic (exact) mass is 489 g/mol. The molecule has 4 aromatic rings. The van der Waals surface area contributed by atoms with Gasteiger partial charge in [0, 0.05) is 34.5 Å². The normalized spacial score (nSPS) is 12.6. The lowest BCUT2D eigenvalue weighted by Crippen LogP contribution is -2.20. The molecular weight excluding hydrogens is 469 g/mol. The number of carbonyl (C=O) groups is 1. The Morgan fingerprint density at radius 1 is 1.00 bits per heavy atom. The first kappa shape index (κ1) is 22.1. The van der Waals surface area contributed by atoms with Crippen LogP contribution in [0, 0.1) is 0 Å². The van der Waals surface area contributed by atoms with Gasteiger partial charge in [0.25, 0.3) is 5.91 Å². The third kappa shape index (κ3) is 4.67. The largest absolute Gasteiger partial charge is 0.482 e. The molecule has 1 aliphatic heterocycles. The smallest absolute Gasteiger partial charge is 0.262 e. The second-order valence-corrected chi connectivity index (χ2v) is 8.62. The molecule has 0 atom stereocenters. The quantitative estimate of drug-likeness (QED) is 0.310. The molecule has 1 heterocycles. The highest BCUT2D eigenvalue weighted by molar-refractivity contribution is 6.35. The summed E-state index contributed by atoms with van der Waals surface area (Å²) in [6, 6.07) is 25.1. The predicted octanol–water partition coefficient (Wildman–Crippen LogP) is 7.24. The molecule has 2 N–H and O–H groups in total. The molecule has 4 aromatic carbocycles. The van der Waals surface area contributed by atoms with Crippen LogP contribution in [0.2, 0.25) is 10.0 Å². The highest BCUT2D eigenvalue weighted by Gasteiger charge is 2.16. The van der Waals surface area contributed by atoms with Crippen molar-refractivity contribution in [1.82, 2.24) is 0 Å². The molecule has 5 rings (SSSR count). The highest BCUT2D eigenvalue weighted by atomic mass is 35.5. The van der Waals surface area contributed by atoms with Gasteiger partial charge in [-0.3, -0.25) is 4.79 Å². The van der Waals surface area contributed by atoms with Crippen LogP contribution in [0.3, 0.4) is 0 Å². The first-order chi connectivity index (χ1) is 16.6. The number of nitrogens with one attached hydrogen (secondary N) is 2. The number of rotatable bonds is 5. The lowest BCUT2D eigenvalue weighted by Gasteiger charge is -2.23. The number of benzene rings is 4. The number of halogens is 2. The third-order valence-electron chi connectivity index (χ3n) is 5.50. The van der Waals surface area contributed by atoms with Crippen LogP contribution in [-0.2, 0) is 4.79 Å². The van der Waals surface area contributed by atoms with Gasteiger partial charge in [-0.1, -0.05) is 53.5 Å². The Morgan fingerprint density at radius 3 is 2.65 bits per heavy atom. The SMILES string of the molecule is O=C(COc1ccc(Cl)cc1Cl)Nc1ccc(N2C=CCNc3c2ccc2ccccc32)cc1. The van der Waals surface area contributed by atoms with Gasteiger partial charge in [0.05, 0.1) is 16.4 Å². The summed E-state index contributed by atoms with van der Waals surface area (Å²) in [6.07, 6.45) is 4.15. The molecule has 0 fully saturated rings. The fraction of sp³-hybridized carbons (Fsp3) is 0.0741. The molecule has 0 spiro atoms. The maximum absolute atomic E-state index is 12.3. The van der Waals surface area contributed by atoms with E-state index in [0.717, 1.165) is 23.6 Å². The summed E-state index contributed by atoms with van der Waals surface area (Å²) in [5.41, 5.74) is 3.82. The first-order valence-corrected chi connectivity index (χ1v) is 11.5. The zero-order chi connectivity index (χ0) is 23.5. The fourth-order valence-electron chi connectivity index (χ4n) is 3.91. The van der Waals surface area contributed by atoms with Gasteiger partial charge in [-0.15, -0.1) is 0 Å². The number of fused-ring (bicyclic) bond motifs is 3. The molecule has 0 bridgehead atoms. The van der Waals surface area contributed by atoms with Gasteiger partial charge in [0.2, 0.25) is 0 Å². The van der Waals surface area contributed by atoms with E-state index in [1.807, 2.05) is 30.3 Å². The molecule has 1 aliphatic rings. The molecule has 5 nitrogen and oxygen atoms in total. The van der Waals surface area contributed by atoms with Crippen molar-refractivity contribution in [1.29, 1.82) is 0 Å². The Balaban J connectivity index is 1.30. The number of nitrogens with zero attached hydrogens (tertiary/aromatic N) is 1. The van der Waals surface area contributed by atoms with Gasteiger partial charge >= 0.3 is 0 Å². The van der Waals surface area contributed by atoms with Crippen LogP contribution in [0.1, 0.15) is 0 Å². The summed E-state index contributed by atoms with van der Waals surface area (Å²) in [5.74, 6) is 0.124. The Labute approximate surface area is 207 Å². The molecular formula is C27H21Cl2N3O2. The molecule has 0 unspecified atom stereocenters. The minimum atomic E-state index is -0.283. The summed E-state index contributed by atoms with van der Waals surface area (Å²) in [7, 11) is 0. The van der Waals surface area contributed by atoms with Crippen LogP contribution >= 0.6 is 23.2 Å². The number of hydrogen-bond acceptors (Lipinski definition) is 4. The van der Waals surface area contributed by atoms with E-state index >= 15 is 0 Å². The zero-order valence-corrected chi connectivity index (χ0v) is 19.6. The number of ether oxygens (including phenoxy) is 1. The second-order valence-electron chi connectivity index (χ2n) is 7.77. The summed E-state index contributed by atoms with van der Waals surface area (Å²) >= 11 is 12.0. The van der Waals surface area contributed by atoms with Crippen LogP contribution in [0.4, 0.5) is 22.7 Å². The van der Waals surface area contributed by atoms with Crippen LogP contribution in [-0.4, -0.2) is 19.1 Å². The molecule has 0 aliphatic carbocycles. The Hall–Kier alpha value is -3.67. The van der Waals surface area contributed by atoms with E-state index in [9.17, 15) is 4.79 Å². The second kappa shape index (κ2) is 9.67. The van der Waals surface area contributed by atoms with E-state index in [-0.39, 0.29) is 12.5 Å². The Morgan fingerprint density at radius 2 is 1.82 bits per heavy atom. The van der Waals surface area contributed by atoms with E-state index in [1.165, 1.54) is 10.8 Å². The number of hydrogen-bond donors (Lipinski definition) is 2. The molecule has 0 saturated heterocycles. The first-order valence-electron chi connectivity index (χ1n) is 10.8. The molecule has 0 aromatic heterocycles. The van der Waals surface area contributed by atoms with E-state index in [2.05, 4.69) is 58.1 Å². The van der Waals surface area contributed by atoms with Gasteiger partial charge in [-0.25, -0.2) is 0 Å². The number of amides is 1. The highest BCUT2D eigenvalue weighted by Crippen LogP contribution is 2.39. The summed E-state index contributed by atoms with van der Waals surface area (Å²) in [4.78, 5) is 14.5. The minimum Gasteiger partial charge on any atom is -0.482 e. The summed E-state index contributed by atoms with van der Waals surface area (Å²) < 4.78 is 5.51. The van der Waals surface area contributed by atoms with Crippen LogP contribution in [0.15, 0.2) is 91.1 Å². The maximum Gasteiger partial charge on any atom is 0.262 e. The summed E-state index contributed by atoms with van der Waals surface area (Å²) in [6.45, 7) is 0.577. The van der Waals surface area contributed by atoms with Crippen molar-refractivity contribution in [3.8, 4) is 5.75 Å². The third-order valence-corrected chi connectivity index (χ3v) is 6.03. The van der Waals surface area contributed by atoms with Crippen molar-refractivity contribution in [2.24, 2.45) is 0 Å². The maximum atomic E-state index is 12.3. The number of carbonyl (C=O) groups excluding carboxylic acids is 1. The standard InChI is InChI=1S/C27H21Cl2N3O2/c28-19-7-13-25(23(29)16-19)34-17-26(33)31-20-8-10-21(11-9-20)32-15-3-14-30-27-22-5-2-1-4-18(22)6-12-24(27)32/h1-13,15-16,30H,14,17H2,(H,31,33). The lowest BCUT2D eigenvalue weighted by molar-refractivity contribution is -0.118. The van der Waals surface area contributed by atoms with Gasteiger partial charge < -0.3 is 20.3 Å². The minimum absolute atomic E-state index is 0.163. The van der Waals surface area contributed by atoms with Crippen LogP contribution < -0.4 is 20.3 Å². The van der Waals surface area contributed by atoms with E-state index in [4.69, 9.17) is 27.9 Å². The van der Waals surface area contributed by atoms with E-state index in [0.29, 0.717) is 21.5 Å². The molecule has 0 saturated carbocycles. The lowest BCUT2D eigenvalue weighted by atomic mass is 10.1. The van der Waals surface area contributed by atoms with Crippen molar-refractivity contribution < 1.29 is 9.53 Å². The molecule has 170 valence electrons. The van der Waals surface area contributed by atoms with Crippen LogP contribution in [0.5, 0.6) is 5.75 Å². The van der Waals surface area contributed by atoms with Crippen molar-refractivity contribution in [3.63, 3.8) is 0 Å². The topological polar surface area (TPSA) is 53.6 Å².